The summed E-state index contributed by atoms with van der Waals surface area (Å²) in [4.78, 5) is 10.8. The first-order chi connectivity index (χ1) is 34.6. The minimum atomic E-state index is -0.903. The van der Waals surface area contributed by atoms with Crippen LogP contribution in [0.2, 0.25) is 0 Å². The molecule has 0 atom stereocenters. The van der Waals surface area contributed by atoms with Gasteiger partial charge in [-0.2, -0.15) is 0 Å². The number of hydrogen-bond acceptors (Lipinski definition) is 3. The van der Waals surface area contributed by atoms with Crippen molar-refractivity contribution in [3.63, 3.8) is 0 Å². The standard InChI is InChI=1S/C66H53N3O/c1-43(2)57-41-59(51-25-16-9-17-26-51)63(42-58(57)50-23-14-8-15-24-50)69-62-28-18-27-56(64(62)68-66(69)60-36-44(3)35-45(4)65(60)70-5)54-37-53(47-21-12-7-13-22-47)38-55(39-54)61-40-52(33-34-67-61)49-31-29-48(30-32-49)46-19-10-6-11-20-46/h6-43H,1-5H3/i43D. The van der Waals surface area contributed by atoms with Crippen LogP contribution in [-0.4, -0.2) is 21.6 Å². The lowest BCUT2D eigenvalue weighted by Gasteiger charge is -2.22. The largest absolute Gasteiger partial charge is 0.496 e. The third kappa shape index (κ3) is 8.39. The molecule has 0 amide bonds. The topological polar surface area (TPSA) is 39.9 Å². The first kappa shape index (κ1) is 42.7. The summed E-state index contributed by atoms with van der Waals surface area (Å²) in [7, 11) is 1.74. The molecule has 0 bridgehead atoms. The number of hydrogen-bond donors (Lipinski definition) is 0. The summed E-state index contributed by atoms with van der Waals surface area (Å²) in [5, 5.41) is 0. The maximum absolute atomic E-state index is 9.51. The molecule has 0 fully saturated rings. The number of ether oxygens (including phenoxy) is 1. The second kappa shape index (κ2) is 18.8. The number of benzene rings is 9. The summed E-state index contributed by atoms with van der Waals surface area (Å²) in [6, 6.07) is 77.2. The van der Waals surface area contributed by atoms with E-state index in [0.29, 0.717) is 0 Å². The molecule has 0 aliphatic heterocycles. The number of aryl methyl sites for hydroxylation is 2. The lowest BCUT2D eigenvalue weighted by molar-refractivity contribution is 0.413. The highest BCUT2D eigenvalue weighted by atomic mass is 16.5. The summed E-state index contributed by atoms with van der Waals surface area (Å²) in [5.74, 6) is 0.633. The molecule has 338 valence electrons. The number of pyridine rings is 1. The first-order valence-electron chi connectivity index (χ1n) is 24.4. The third-order valence-electron chi connectivity index (χ3n) is 13.4. The van der Waals surface area contributed by atoms with Gasteiger partial charge in [-0.05, 0) is 147 Å². The maximum Gasteiger partial charge on any atom is 0.149 e. The third-order valence-corrected chi connectivity index (χ3v) is 13.4. The van der Waals surface area contributed by atoms with E-state index in [9.17, 15) is 1.37 Å². The van der Waals surface area contributed by atoms with E-state index in [1.165, 1.54) is 11.1 Å². The van der Waals surface area contributed by atoms with Crippen LogP contribution in [-0.2, 0) is 0 Å². The molecule has 0 saturated heterocycles. The van der Waals surface area contributed by atoms with E-state index in [0.717, 1.165) is 117 Å². The van der Waals surface area contributed by atoms with Crippen LogP contribution in [0.3, 0.4) is 0 Å². The van der Waals surface area contributed by atoms with Gasteiger partial charge in [-0.1, -0.05) is 178 Å². The maximum atomic E-state index is 9.51. The van der Waals surface area contributed by atoms with E-state index in [1.807, 2.05) is 32.2 Å². The Balaban J connectivity index is 1.17. The van der Waals surface area contributed by atoms with Gasteiger partial charge in [0.15, 0.2) is 0 Å². The van der Waals surface area contributed by atoms with Gasteiger partial charge in [0.05, 0.1) is 35.1 Å². The molecule has 2 heterocycles. The smallest absolute Gasteiger partial charge is 0.149 e. The molecule has 0 N–H and O–H groups in total. The Morgan fingerprint density at radius 2 is 1.01 bits per heavy atom. The van der Waals surface area contributed by atoms with E-state index < -0.39 is 5.89 Å². The molecule has 0 aliphatic rings. The Morgan fingerprint density at radius 3 is 1.64 bits per heavy atom. The van der Waals surface area contributed by atoms with Crippen LogP contribution in [0.25, 0.3) is 106 Å². The van der Waals surface area contributed by atoms with E-state index in [2.05, 4.69) is 225 Å². The number of aromatic nitrogens is 3. The molecule has 70 heavy (non-hydrogen) atoms. The second-order valence-electron chi connectivity index (χ2n) is 18.3. The molecule has 4 heteroatoms. The Bertz CT molecular complexity index is 3710. The van der Waals surface area contributed by atoms with Gasteiger partial charge in [0.25, 0.3) is 0 Å². The Morgan fingerprint density at radius 1 is 0.457 bits per heavy atom. The van der Waals surface area contributed by atoms with Crippen LogP contribution in [0.1, 0.15) is 37.8 Å². The molecule has 0 aliphatic carbocycles. The quantitative estimate of drug-likeness (QED) is 0.130. The molecule has 4 nitrogen and oxygen atoms in total. The van der Waals surface area contributed by atoms with Crippen molar-refractivity contribution in [2.75, 3.05) is 7.11 Å². The lowest BCUT2D eigenvalue weighted by atomic mass is 9.88. The molecule has 0 radical (unpaired) electrons. The second-order valence-corrected chi connectivity index (χ2v) is 18.3. The van der Waals surface area contributed by atoms with Crippen molar-refractivity contribution in [1.29, 1.82) is 0 Å². The molecule has 11 aromatic rings. The van der Waals surface area contributed by atoms with Crippen molar-refractivity contribution >= 4 is 11.0 Å². The summed E-state index contributed by atoms with van der Waals surface area (Å²) in [6.07, 6.45) is 1.91. The fourth-order valence-corrected chi connectivity index (χ4v) is 10.0. The molecule has 9 aromatic carbocycles. The van der Waals surface area contributed by atoms with E-state index in [1.54, 1.807) is 7.11 Å². The van der Waals surface area contributed by atoms with Crippen LogP contribution in [0.4, 0.5) is 0 Å². The molecule has 0 saturated carbocycles. The lowest BCUT2D eigenvalue weighted by Crippen LogP contribution is -2.05. The number of imidazole rings is 1. The number of rotatable bonds is 11. The van der Waals surface area contributed by atoms with Crippen molar-refractivity contribution in [1.82, 2.24) is 14.5 Å². The summed E-state index contributed by atoms with van der Waals surface area (Å²) in [6.45, 7) is 8.17. The van der Waals surface area contributed by atoms with Gasteiger partial charge >= 0.3 is 0 Å². The number of fused-ring (bicyclic) bond motifs is 1. The summed E-state index contributed by atoms with van der Waals surface area (Å²) < 4.78 is 18.1. The van der Waals surface area contributed by atoms with E-state index in [-0.39, 0.29) is 0 Å². The Hall–Kier alpha value is -8.60. The predicted molar refractivity (Wildman–Crippen MR) is 292 cm³/mol. The number of nitrogens with zero attached hydrogens (tertiary/aromatic N) is 3. The van der Waals surface area contributed by atoms with Crippen molar-refractivity contribution in [3.8, 4) is 101 Å². The average Bonchev–Trinajstić information content (AvgIpc) is 3.81. The molecular weight excluding hydrogens is 851 g/mol. The van der Waals surface area contributed by atoms with Gasteiger partial charge in [0.1, 0.15) is 11.6 Å². The van der Waals surface area contributed by atoms with Gasteiger partial charge in [-0.3, -0.25) is 9.55 Å². The van der Waals surface area contributed by atoms with E-state index in [4.69, 9.17) is 14.7 Å². The predicted octanol–water partition coefficient (Wildman–Crippen LogP) is 17.5. The van der Waals surface area contributed by atoms with Crippen molar-refractivity contribution in [3.05, 3.63) is 241 Å². The normalized spacial score (nSPS) is 11.7. The monoisotopic (exact) mass is 904 g/mol. The van der Waals surface area contributed by atoms with Crippen molar-refractivity contribution in [2.24, 2.45) is 0 Å². The highest BCUT2D eigenvalue weighted by Gasteiger charge is 2.26. The fourth-order valence-electron chi connectivity index (χ4n) is 10.0. The van der Waals surface area contributed by atoms with Crippen LogP contribution in [0.15, 0.2) is 225 Å². The summed E-state index contributed by atoms with van der Waals surface area (Å²) in [5.41, 5.74) is 21.5. The zero-order valence-corrected chi connectivity index (χ0v) is 40.1. The molecule has 0 unspecified atom stereocenters. The van der Waals surface area contributed by atoms with Crippen molar-refractivity contribution < 1.29 is 6.11 Å². The zero-order chi connectivity index (χ0) is 48.6. The zero-order valence-electron chi connectivity index (χ0n) is 41.1. The highest BCUT2D eigenvalue weighted by molar-refractivity contribution is 5.99. The van der Waals surface area contributed by atoms with Crippen LogP contribution >= 0.6 is 0 Å². The van der Waals surface area contributed by atoms with Gasteiger partial charge < -0.3 is 4.74 Å². The highest BCUT2D eigenvalue weighted by Crippen LogP contribution is 2.45. The van der Waals surface area contributed by atoms with E-state index >= 15 is 0 Å². The molecule has 2 aromatic heterocycles. The van der Waals surface area contributed by atoms with Crippen LogP contribution < -0.4 is 4.74 Å². The molecular formula is C66H53N3O. The number of methoxy groups -OCH3 is 1. The minimum Gasteiger partial charge on any atom is -0.496 e. The van der Waals surface area contributed by atoms with Gasteiger partial charge in [0, 0.05) is 24.3 Å². The van der Waals surface area contributed by atoms with Gasteiger partial charge in [0.2, 0.25) is 0 Å². The Labute approximate surface area is 412 Å². The number of para-hydroxylation sites is 1. The minimum absolute atomic E-state index is 0.761. The van der Waals surface area contributed by atoms with Crippen molar-refractivity contribution in [2.45, 2.75) is 33.6 Å². The Kier molecular flexibility index (Phi) is 11.5. The van der Waals surface area contributed by atoms with Gasteiger partial charge in [-0.25, -0.2) is 4.98 Å². The first-order valence-corrected chi connectivity index (χ1v) is 23.9. The fraction of sp³-hybridized carbons (Fsp3) is 0.0909. The van der Waals surface area contributed by atoms with Gasteiger partial charge in [-0.15, -0.1) is 0 Å². The SMILES string of the molecule is [2H]C(C)(C)c1cc(-c2ccccc2)c(-n2c(-c3cc(C)cc(C)c3OC)nc3c(-c4cc(-c5ccccc5)cc(-c5cc(-c6ccc(-c7ccccc7)cc6)ccn5)c4)cccc32)cc1-c1ccccc1. The molecule has 0 spiro atoms. The molecule has 11 rings (SSSR count). The van der Waals surface area contributed by atoms with Crippen LogP contribution in [0.5, 0.6) is 5.75 Å². The average molecular weight is 905 g/mol. The summed E-state index contributed by atoms with van der Waals surface area (Å²) >= 11 is 0. The van der Waals surface area contributed by atoms with Crippen LogP contribution in [0, 0.1) is 13.8 Å².